The quantitative estimate of drug-likeness (QED) is 0.252. The fourth-order valence-corrected chi connectivity index (χ4v) is 5.48. The van der Waals surface area contributed by atoms with Gasteiger partial charge in [0, 0.05) is 0 Å². The standard InChI is InChI=1S/C35H30/c1-35(2,3)28-20-18-26(19-21-28)34-32-22-27-16-10-11-17-29(27)31(32)23-30(24-12-6-4-7-13-24)33(34)25-14-8-5-9-15-25/h4-21,23H,22H2,1-3H3. The van der Waals surface area contributed by atoms with E-state index >= 15 is 0 Å². The minimum absolute atomic E-state index is 0.130. The summed E-state index contributed by atoms with van der Waals surface area (Å²) in [6, 6.07) is 42.4. The predicted molar refractivity (Wildman–Crippen MR) is 150 cm³/mol. The second-order valence-corrected chi connectivity index (χ2v) is 10.6. The molecule has 0 saturated heterocycles. The highest BCUT2D eigenvalue weighted by Crippen LogP contribution is 2.50. The summed E-state index contributed by atoms with van der Waals surface area (Å²) in [4.78, 5) is 0. The first kappa shape index (κ1) is 21.6. The summed E-state index contributed by atoms with van der Waals surface area (Å²) in [5.74, 6) is 0. The minimum atomic E-state index is 0.130. The van der Waals surface area contributed by atoms with Crippen molar-refractivity contribution >= 4 is 0 Å². The first-order chi connectivity index (χ1) is 17.0. The van der Waals surface area contributed by atoms with Crippen LogP contribution >= 0.6 is 0 Å². The van der Waals surface area contributed by atoms with Gasteiger partial charge < -0.3 is 0 Å². The monoisotopic (exact) mass is 450 g/mol. The van der Waals surface area contributed by atoms with E-state index in [-0.39, 0.29) is 5.41 Å². The molecule has 0 aromatic heterocycles. The number of hydrogen-bond acceptors (Lipinski definition) is 0. The van der Waals surface area contributed by atoms with E-state index < -0.39 is 0 Å². The van der Waals surface area contributed by atoms with Gasteiger partial charge in [0.1, 0.15) is 0 Å². The molecule has 0 spiro atoms. The molecule has 0 heterocycles. The fraction of sp³-hybridized carbons (Fsp3) is 0.143. The van der Waals surface area contributed by atoms with E-state index in [1.807, 2.05) is 0 Å². The fourth-order valence-electron chi connectivity index (χ4n) is 5.48. The van der Waals surface area contributed by atoms with Gasteiger partial charge in [0.25, 0.3) is 0 Å². The Bertz CT molecular complexity index is 1500. The average molecular weight is 451 g/mol. The van der Waals surface area contributed by atoms with Crippen molar-refractivity contribution in [2.24, 2.45) is 0 Å². The third kappa shape index (κ3) is 3.80. The van der Waals surface area contributed by atoms with E-state index in [4.69, 9.17) is 0 Å². The van der Waals surface area contributed by atoms with Gasteiger partial charge in [0.2, 0.25) is 0 Å². The molecule has 1 aliphatic carbocycles. The number of hydrogen-bond donors (Lipinski definition) is 0. The van der Waals surface area contributed by atoms with Crippen LogP contribution in [0, 0.1) is 0 Å². The molecule has 0 N–H and O–H groups in total. The topological polar surface area (TPSA) is 0 Å². The molecule has 35 heavy (non-hydrogen) atoms. The van der Waals surface area contributed by atoms with Gasteiger partial charge in [0.15, 0.2) is 0 Å². The van der Waals surface area contributed by atoms with Crippen molar-refractivity contribution in [1.82, 2.24) is 0 Å². The second-order valence-electron chi connectivity index (χ2n) is 10.6. The maximum atomic E-state index is 2.44. The van der Waals surface area contributed by atoms with Gasteiger partial charge in [-0.05, 0) is 79.1 Å². The normalized spacial score (nSPS) is 12.3. The van der Waals surface area contributed by atoms with Gasteiger partial charge in [-0.25, -0.2) is 0 Å². The Kier molecular flexibility index (Phi) is 5.19. The zero-order valence-corrected chi connectivity index (χ0v) is 20.7. The Balaban J connectivity index is 1.71. The molecule has 0 fully saturated rings. The molecular weight excluding hydrogens is 420 g/mol. The van der Waals surface area contributed by atoms with E-state index in [0.29, 0.717) is 0 Å². The molecule has 0 heteroatoms. The lowest BCUT2D eigenvalue weighted by atomic mass is 9.81. The summed E-state index contributed by atoms with van der Waals surface area (Å²) in [5, 5.41) is 0. The van der Waals surface area contributed by atoms with E-state index in [2.05, 4.69) is 136 Å². The van der Waals surface area contributed by atoms with Crippen LogP contribution in [0.4, 0.5) is 0 Å². The van der Waals surface area contributed by atoms with Gasteiger partial charge in [-0.1, -0.05) is 130 Å². The predicted octanol–water partition coefficient (Wildman–Crippen LogP) is 9.56. The van der Waals surface area contributed by atoms with Crippen LogP contribution in [0.25, 0.3) is 44.5 Å². The first-order valence-electron chi connectivity index (χ1n) is 12.5. The highest BCUT2D eigenvalue weighted by molar-refractivity contribution is 6.01. The molecule has 0 aliphatic heterocycles. The van der Waals surface area contributed by atoms with Gasteiger partial charge in [-0.15, -0.1) is 0 Å². The zero-order chi connectivity index (χ0) is 24.0. The summed E-state index contributed by atoms with van der Waals surface area (Å²) in [6.07, 6.45) is 0.969. The van der Waals surface area contributed by atoms with E-state index in [9.17, 15) is 0 Å². The molecule has 0 bridgehead atoms. The van der Waals surface area contributed by atoms with E-state index in [0.717, 1.165) is 6.42 Å². The van der Waals surface area contributed by atoms with Crippen molar-refractivity contribution in [2.75, 3.05) is 0 Å². The lowest BCUT2D eigenvalue weighted by molar-refractivity contribution is 0.590. The maximum absolute atomic E-state index is 2.44. The number of rotatable bonds is 3. The summed E-state index contributed by atoms with van der Waals surface area (Å²) in [6.45, 7) is 6.84. The van der Waals surface area contributed by atoms with E-state index in [1.165, 1.54) is 61.2 Å². The Morgan fingerprint density at radius 2 is 1.06 bits per heavy atom. The maximum Gasteiger partial charge on any atom is -0.000705 e. The third-order valence-corrected chi connectivity index (χ3v) is 7.30. The highest BCUT2D eigenvalue weighted by Gasteiger charge is 2.27. The largest absolute Gasteiger partial charge is 0.0622 e. The van der Waals surface area contributed by atoms with Crippen molar-refractivity contribution in [1.29, 1.82) is 0 Å². The molecule has 0 saturated carbocycles. The lowest BCUT2D eigenvalue weighted by Crippen LogP contribution is -2.10. The van der Waals surface area contributed by atoms with Crippen LogP contribution in [0.3, 0.4) is 0 Å². The molecule has 5 aromatic carbocycles. The minimum Gasteiger partial charge on any atom is -0.0622 e. The summed E-state index contributed by atoms with van der Waals surface area (Å²) >= 11 is 0. The Morgan fingerprint density at radius 1 is 0.486 bits per heavy atom. The SMILES string of the molecule is CC(C)(C)c1ccc(-c2c3c(cc(-c4ccccc4)c2-c2ccccc2)-c2ccccc2C3)cc1. The third-order valence-electron chi connectivity index (χ3n) is 7.30. The Labute approximate surface area is 208 Å². The number of benzene rings is 5. The lowest BCUT2D eigenvalue weighted by Gasteiger charge is -2.23. The molecule has 1 aliphatic rings. The average Bonchev–Trinajstić information content (AvgIpc) is 3.26. The van der Waals surface area contributed by atoms with Crippen molar-refractivity contribution in [2.45, 2.75) is 32.6 Å². The van der Waals surface area contributed by atoms with Crippen LogP contribution in [0.2, 0.25) is 0 Å². The van der Waals surface area contributed by atoms with Crippen molar-refractivity contribution in [3.8, 4) is 44.5 Å². The van der Waals surface area contributed by atoms with Crippen LogP contribution in [0.5, 0.6) is 0 Å². The van der Waals surface area contributed by atoms with Crippen LogP contribution < -0.4 is 0 Å². The second kappa shape index (κ2) is 8.40. The van der Waals surface area contributed by atoms with E-state index in [1.54, 1.807) is 0 Å². The molecule has 0 radical (unpaired) electrons. The smallest absolute Gasteiger partial charge is 0.000705 e. The Morgan fingerprint density at radius 3 is 1.71 bits per heavy atom. The molecule has 5 aromatic rings. The van der Waals surface area contributed by atoms with Crippen molar-refractivity contribution in [3.05, 3.63) is 132 Å². The highest BCUT2D eigenvalue weighted by atomic mass is 14.3. The molecule has 0 amide bonds. The Hall–Kier alpha value is -3.90. The molecular formula is C35H30. The molecule has 0 atom stereocenters. The van der Waals surface area contributed by atoms with Crippen molar-refractivity contribution in [3.63, 3.8) is 0 Å². The van der Waals surface area contributed by atoms with Gasteiger partial charge in [-0.3, -0.25) is 0 Å². The molecule has 0 unspecified atom stereocenters. The van der Waals surface area contributed by atoms with Gasteiger partial charge >= 0.3 is 0 Å². The molecule has 0 nitrogen and oxygen atoms in total. The first-order valence-corrected chi connectivity index (χ1v) is 12.5. The molecule has 170 valence electrons. The van der Waals surface area contributed by atoms with Crippen LogP contribution in [-0.4, -0.2) is 0 Å². The zero-order valence-electron chi connectivity index (χ0n) is 20.7. The summed E-state index contributed by atoms with van der Waals surface area (Å²) in [7, 11) is 0. The van der Waals surface area contributed by atoms with Crippen LogP contribution in [-0.2, 0) is 11.8 Å². The van der Waals surface area contributed by atoms with Crippen LogP contribution in [0.1, 0.15) is 37.5 Å². The van der Waals surface area contributed by atoms with Crippen molar-refractivity contribution < 1.29 is 0 Å². The summed E-state index contributed by atoms with van der Waals surface area (Å²) < 4.78 is 0. The van der Waals surface area contributed by atoms with Crippen LogP contribution in [0.15, 0.2) is 115 Å². The van der Waals surface area contributed by atoms with Gasteiger partial charge in [0.05, 0.1) is 0 Å². The van der Waals surface area contributed by atoms with Gasteiger partial charge in [-0.2, -0.15) is 0 Å². The molecule has 6 rings (SSSR count). The number of fused-ring (bicyclic) bond motifs is 3. The summed E-state index contributed by atoms with van der Waals surface area (Å²) in [5.41, 5.74) is 14.9.